The number of nitriles is 1. The van der Waals surface area contributed by atoms with Gasteiger partial charge in [-0.25, -0.2) is 0 Å². The summed E-state index contributed by atoms with van der Waals surface area (Å²) in [5.41, 5.74) is 17.9. The van der Waals surface area contributed by atoms with Crippen molar-refractivity contribution in [2.75, 3.05) is 9.80 Å². The van der Waals surface area contributed by atoms with E-state index >= 15 is 0 Å². The largest absolute Gasteiger partial charge is 0.486 e. The summed E-state index contributed by atoms with van der Waals surface area (Å²) in [7, 11) is 0. The zero-order valence-electron chi connectivity index (χ0n) is 37.1. The molecule has 4 heterocycles. The van der Waals surface area contributed by atoms with Crippen LogP contribution in [0.15, 0.2) is 89.3 Å². The molecule has 1 fully saturated rings. The highest BCUT2D eigenvalue weighted by atomic mass is 16.5. The van der Waals surface area contributed by atoms with E-state index in [4.69, 9.17) is 9.15 Å². The van der Waals surface area contributed by atoms with Crippen molar-refractivity contribution in [3.63, 3.8) is 0 Å². The van der Waals surface area contributed by atoms with E-state index < -0.39 is 0 Å². The van der Waals surface area contributed by atoms with Crippen LogP contribution in [0.5, 0.6) is 5.75 Å². The molecule has 5 aliphatic rings. The number of anilines is 6. The van der Waals surface area contributed by atoms with Gasteiger partial charge in [0.25, 0.3) is 6.71 Å². The van der Waals surface area contributed by atoms with Crippen molar-refractivity contribution in [2.45, 2.75) is 135 Å². The van der Waals surface area contributed by atoms with Crippen LogP contribution in [0, 0.1) is 18.3 Å². The fraction of sp³-hybridized carbons (Fsp3) is 0.389. The predicted octanol–water partition coefficient (Wildman–Crippen LogP) is 12.3. The lowest BCUT2D eigenvalue weighted by Crippen LogP contribution is -2.61. The number of benzene rings is 5. The zero-order chi connectivity index (χ0) is 41.9. The molecule has 3 aliphatic heterocycles. The summed E-state index contributed by atoms with van der Waals surface area (Å²) < 4.78 is 14.6. The number of ether oxygens (including phenoxy) is 1. The Morgan fingerprint density at radius 2 is 1.38 bits per heavy atom. The van der Waals surface area contributed by atoms with Crippen molar-refractivity contribution in [2.24, 2.45) is 0 Å². The van der Waals surface area contributed by atoms with Crippen molar-refractivity contribution in [3.05, 3.63) is 118 Å². The summed E-state index contributed by atoms with van der Waals surface area (Å²) in [4.78, 5) is 4.90. The Morgan fingerprint density at radius 1 is 0.700 bits per heavy atom. The molecule has 1 aromatic heterocycles. The lowest BCUT2D eigenvalue weighted by Gasteiger charge is -2.44. The summed E-state index contributed by atoms with van der Waals surface area (Å²) >= 11 is 0. The molecule has 2 atom stereocenters. The van der Waals surface area contributed by atoms with Gasteiger partial charge in [0, 0.05) is 50.9 Å². The number of hydrogen-bond donors (Lipinski definition) is 0. The third-order valence-corrected chi connectivity index (χ3v) is 15.8. The van der Waals surface area contributed by atoms with Gasteiger partial charge in [-0.1, -0.05) is 86.1 Å². The minimum atomic E-state index is -0.274. The van der Waals surface area contributed by atoms with E-state index in [0.29, 0.717) is 5.56 Å². The number of hydrogen-bond acceptors (Lipinski definition) is 5. The van der Waals surface area contributed by atoms with Gasteiger partial charge in [0.2, 0.25) is 0 Å². The van der Waals surface area contributed by atoms with Crippen LogP contribution >= 0.6 is 0 Å². The van der Waals surface area contributed by atoms with Gasteiger partial charge in [0.1, 0.15) is 16.9 Å². The Balaban J connectivity index is 1.26. The fourth-order valence-corrected chi connectivity index (χ4v) is 11.9. The number of aryl methyl sites for hydroxylation is 1. The third kappa shape index (κ3) is 5.04. The molecule has 60 heavy (non-hydrogen) atoms. The fourth-order valence-electron chi connectivity index (χ4n) is 11.9. The topological polar surface area (TPSA) is 52.6 Å². The van der Waals surface area contributed by atoms with E-state index in [2.05, 4.69) is 152 Å². The van der Waals surface area contributed by atoms with Gasteiger partial charge in [0.15, 0.2) is 0 Å². The Bertz CT molecular complexity index is 2870. The quantitative estimate of drug-likeness (QED) is 0.163. The average Bonchev–Trinajstić information content (AvgIpc) is 3.69. The molecular weight excluding hydrogens is 733 g/mol. The van der Waals surface area contributed by atoms with Crippen molar-refractivity contribution in [3.8, 4) is 11.8 Å². The van der Waals surface area contributed by atoms with E-state index in [-0.39, 0.29) is 34.0 Å². The SMILES string of the molecule is Cc1cc2c3c(c1)N(c1ccc(C(C)(C)C)cc1)c1c(oc4cc5c(cc14)C(C)(C)CCC5(C)C)B3c1cc3c(cc1N2c1cccc(C#N)c1)OC1(C)CCCCC31C. The standard InChI is InChI=1S/C54H56BN3O2/c1-32-24-43-47-44(25-32)58(35-18-16-34(17-19-35)50(2,3)4)48-37-27-38-39(52(7,8)23-22-51(38,5)6)29-45(37)59-49(48)55(47)41-28-40-46(60-54(10)21-12-11-20-53(40,54)9)30-42(41)57(43)36-15-13-14-33(26-36)31-56/h13-19,24-30H,11-12,20-23H2,1-10H3. The molecule has 0 spiro atoms. The molecule has 1 saturated carbocycles. The molecular formula is C54H56BN3O2. The zero-order valence-corrected chi connectivity index (χ0v) is 37.1. The monoisotopic (exact) mass is 789 g/mol. The second kappa shape index (κ2) is 12.1. The van der Waals surface area contributed by atoms with Crippen LogP contribution in [-0.4, -0.2) is 12.3 Å². The van der Waals surface area contributed by atoms with Gasteiger partial charge in [-0.3, -0.25) is 0 Å². The molecule has 5 nitrogen and oxygen atoms in total. The lowest BCUT2D eigenvalue weighted by molar-refractivity contribution is 0.00741. The smallest absolute Gasteiger partial charge is 0.297 e. The van der Waals surface area contributed by atoms with Gasteiger partial charge in [-0.15, -0.1) is 0 Å². The van der Waals surface area contributed by atoms with Crippen molar-refractivity contribution in [1.29, 1.82) is 5.26 Å². The normalized spacial score (nSPS) is 22.9. The van der Waals surface area contributed by atoms with Crippen LogP contribution in [0.1, 0.15) is 134 Å². The molecule has 6 heteroatoms. The summed E-state index contributed by atoms with van der Waals surface area (Å²) in [6.45, 7) is 23.3. The van der Waals surface area contributed by atoms with Crippen molar-refractivity contribution in [1.82, 2.24) is 0 Å². The predicted molar refractivity (Wildman–Crippen MR) is 249 cm³/mol. The maximum Gasteiger partial charge on any atom is 0.297 e. The van der Waals surface area contributed by atoms with Gasteiger partial charge < -0.3 is 19.0 Å². The summed E-state index contributed by atoms with van der Waals surface area (Å²) in [5, 5.41) is 11.3. The maximum atomic E-state index is 10.2. The summed E-state index contributed by atoms with van der Waals surface area (Å²) in [6.07, 6.45) is 6.80. The molecule has 0 saturated heterocycles. The Hall–Kier alpha value is -5.41. The third-order valence-electron chi connectivity index (χ3n) is 15.8. The molecule has 11 rings (SSSR count). The average molecular weight is 790 g/mol. The van der Waals surface area contributed by atoms with Gasteiger partial charge >= 0.3 is 0 Å². The minimum Gasteiger partial charge on any atom is -0.486 e. The molecule has 0 N–H and O–H groups in total. The minimum absolute atomic E-state index is 0.0240. The molecule has 302 valence electrons. The van der Waals surface area contributed by atoms with E-state index in [9.17, 15) is 5.26 Å². The Kier molecular flexibility index (Phi) is 7.59. The molecule has 0 amide bonds. The second-order valence-electron chi connectivity index (χ2n) is 21.5. The summed E-state index contributed by atoms with van der Waals surface area (Å²) in [5.74, 6) is 0.983. The first kappa shape index (κ1) is 37.6. The molecule has 6 aromatic rings. The van der Waals surface area contributed by atoms with Crippen LogP contribution in [0.4, 0.5) is 34.1 Å². The van der Waals surface area contributed by atoms with E-state index in [1.165, 1.54) is 62.7 Å². The van der Waals surface area contributed by atoms with Crippen molar-refractivity contribution >= 4 is 68.4 Å². The number of fused-ring (bicyclic) bond motifs is 10. The maximum absolute atomic E-state index is 10.2. The van der Waals surface area contributed by atoms with Crippen LogP contribution in [0.25, 0.3) is 11.0 Å². The lowest BCUT2D eigenvalue weighted by atomic mass is 9.35. The van der Waals surface area contributed by atoms with Crippen LogP contribution in [-0.2, 0) is 21.7 Å². The van der Waals surface area contributed by atoms with Gasteiger partial charge in [0.05, 0.1) is 23.0 Å². The van der Waals surface area contributed by atoms with E-state index in [1.807, 2.05) is 18.2 Å². The van der Waals surface area contributed by atoms with E-state index in [1.54, 1.807) is 0 Å². The Labute approximate surface area is 356 Å². The highest BCUT2D eigenvalue weighted by Gasteiger charge is 2.57. The first-order valence-electron chi connectivity index (χ1n) is 22.3. The van der Waals surface area contributed by atoms with Crippen LogP contribution < -0.4 is 31.1 Å². The molecule has 5 aromatic carbocycles. The van der Waals surface area contributed by atoms with E-state index in [0.717, 1.165) is 71.1 Å². The summed E-state index contributed by atoms with van der Waals surface area (Å²) in [6, 6.07) is 34.2. The number of furan rings is 1. The van der Waals surface area contributed by atoms with Gasteiger partial charge in [-0.05, 0) is 150 Å². The molecule has 0 radical (unpaired) electrons. The first-order valence-corrected chi connectivity index (χ1v) is 22.3. The number of rotatable bonds is 2. The molecule has 2 unspecified atom stereocenters. The number of nitrogens with zero attached hydrogens (tertiary/aromatic N) is 3. The van der Waals surface area contributed by atoms with Crippen LogP contribution in [0.3, 0.4) is 0 Å². The molecule has 0 bridgehead atoms. The highest BCUT2D eigenvalue weighted by molar-refractivity contribution is 7.00. The first-order chi connectivity index (χ1) is 28.4. The Morgan fingerprint density at radius 3 is 2.08 bits per heavy atom. The highest BCUT2D eigenvalue weighted by Crippen LogP contribution is 2.58. The van der Waals surface area contributed by atoms with Crippen molar-refractivity contribution < 1.29 is 9.15 Å². The second-order valence-corrected chi connectivity index (χ2v) is 21.5. The van der Waals surface area contributed by atoms with Gasteiger partial charge in [-0.2, -0.15) is 5.26 Å². The molecule has 2 aliphatic carbocycles. The van der Waals surface area contributed by atoms with Crippen LogP contribution in [0.2, 0.25) is 0 Å².